The summed E-state index contributed by atoms with van der Waals surface area (Å²) in [5.74, 6) is 0.858. The van der Waals surface area contributed by atoms with Crippen molar-refractivity contribution in [2.45, 2.75) is 12.8 Å². The van der Waals surface area contributed by atoms with Crippen molar-refractivity contribution in [3.05, 3.63) is 30.3 Å². The maximum Gasteiger partial charge on any atom is 0.259 e. The van der Waals surface area contributed by atoms with Crippen LogP contribution in [0.5, 0.6) is 5.75 Å². The Balaban J connectivity index is 0.000000202. The molecule has 1 aliphatic rings. The van der Waals surface area contributed by atoms with E-state index in [1.54, 1.807) is 12.1 Å². The lowest BCUT2D eigenvalue weighted by molar-refractivity contribution is -0.119. The standard InChI is InChI=1S/C8H7ClO2.C4H7NO/c9-8(10)6-11-7-4-2-1-3-5-7;6-4-2-1-3-5-4/h1-5H,6H2;1-3H2,(H,5,6). The molecule has 0 unspecified atom stereocenters. The second-order valence-electron chi connectivity index (χ2n) is 3.41. The van der Waals surface area contributed by atoms with Crippen molar-refractivity contribution in [1.82, 2.24) is 5.32 Å². The summed E-state index contributed by atoms with van der Waals surface area (Å²) in [5.41, 5.74) is 0. The number of carbonyl (C=O) groups is 2. The van der Waals surface area contributed by atoms with E-state index in [4.69, 9.17) is 16.3 Å². The summed E-state index contributed by atoms with van der Waals surface area (Å²) in [6.07, 6.45) is 1.76. The fraction of sp³-hybridized carbons (Fsp3) is 0.333. The highest BCUT2D eigenvalue weighted by Gasteiger charge is 2.05. The van der Waals surface area contributed by atoms with Gasteiger partial charge in [0.25, 0.3) is 5.24 Å². The van der Waals surface area contributed by atoms with E-state index in [-0.39, 0.29) is 12.5 Å². The molecule has 0 bridgehead atoms. The molecule has 92 valence electrons. The highest BCUT2D eigenvalue weighted by atomic mass is 35.5. The SMILES string of the molecule is O=C(Cl)COc1ccccc1.O=C1CCCN1. The van der Waals surface area contributed by atoms with Crippen molar-refractivity contribution < 1.29 is 14.3 Å². The third-order valence-electron chi connectivity index (χ3n) is 2.00. The molecule has 0 radical (unpaired) electrons. The van der Waals surface area contributed by atoms with Gasteiger partial charge in [0, 0.05) is 13.0 Å². The first-order chi connectivity index (χ1) is 8.18. The van der Waals surface area contributed by atoms with Crippen molar-refractivity contribution in [1.29, 1.82) is 0 Å². The highest BCUT2D eigenvalue weighted by Crippen LogP contribution is 2.07. The minimum absolute atomic E-state index is 0.0778. The Morgan fingerprint density at radius 2 is 2.06 bits per heavy atom. The first-order valence-corrected chi connectivity index (χ1v) is 5.69. The van der Waals surface area contributed by atoms with E-state index in [1.165, 1.54) is 0 Å². The zero-order chi connectivity index (χ0) is 12.5. The number of carbonyl (C=O) groups excluding carboxylic acids is 2. The molecule has 0 aliphatic carbocycles. The van der Waals surface area contributed by atoms with Gasteiger partial charge in [0.15, 0.2) is 6.61 Å². The van der Waals surface area contributed by atoms with Crippen molar-refractivity contribution in [2.24, 2.45) is 0 Å². The normalized spacial score (nSPS) is 13.4. The van der Waals surface area contributed by atoms with E-state index in [1.807, 2.05) is 18.2 Å². The summed E-state index contributed by atoms with van der Waals surface area (Å²) in [6.45, 7) is 0.810. The number of hydrogen-bond acceptors (Lipinski definition) is 3. The van der Waals surface area contributed by atoms with Crippen LogP contribution in [0.3, 0.4) is 0 Å². The number of halogens is 1. The summed E-state index contributed by atoms with van der Waals surface area (Å²) >= 11 is 5.06. The topological polar surface area (TPSA) is 55.4 Å². The molecule has 0 spiro atoms. The molecule has 4 nitrogen and oxygen atoms in total. The van der Waals surface area contributed by atoms with E-state index >= 15 is 0 Å². The van der Waals surface area contributed by atoms with Gasteiger partial charge in [0.1, 0.15) is 5.75 Å². The fourth-order valence-corrected chi connectivity index (χ4v) is 1.28. The summed E-state index contributed by atoms with van der Waals surface area (Å²) in [7, 11) is 0. The van der Waals surface area contributed by atoms with Crippen LogP contribution in [0.25, 0.3) is 0 Å². The second-order valence-corrected chi connectivity index (χ2v) is 3.83. The Kier molecular flexibility index (Phi) is 6.10. The van der Waals surface area contributed by atoms with Crippen LogP contribution < -0.4 is 10.1 Å². The van der Waals surface area contributed by atoms with Gasteiger partial charge in [-0.3, -0.25) is 9.59 Å². The predicted molar refractivity (Wildman–Crippen MR) is 65.0 cm³/mol. The Morgan fingerprint density at radius 3 is 2.47 bits per heavy atom. The first-order valence-electron chi connectivity index (χ1n) is 5.31. The van der Waals surface area contributed by atoms with Crippen LogP contribution in [0.15, 0.2) is 30.3 Å². The molecule has 2 rings (SSSR count). The molecule has 17 heavy (non-hydrogen) atoms. The molecule has 1 amide bonds. The fourth-order valence-electron chi connectivity index (χ4n) is 1.22. The Bertz CT molecular complexity index is 359. The summed E-state index contributed by atoms with van der Waals surface area (Å²) in [5, 5.41) is 2.19. The Hall–Kier alpha value is -1.55. The van der Waals surface area contributed by atoms with Gasteiger partial charge in [-0.2, -0.15) is 0 Å². The van der Waals surface area contributed by atoms with Gasteiger partial charge in [0.2, 0.25) is 5.91 Å². The quantitative estimate of drug-likeness (QED) is 0.837. The van der Waals surface area contributed by atoms with Gasteiger partial charge >= 0.3 is 0 Å². The molecule has 0 saturated carbocycles. The second kappa shape index (κ2) is 7.68. The maximum absolute atomic E-state index is 10.3. The summed E-state index contributed by atoms with van der Waals surface area (Å²) in [4.78, 5) is 20.4. The largest absolute Gasteiger partial charge is 0.484 e. The van der Waals surface area contributed by atoms with E-state index in [2.05, 4.69) is 5.32 Å². The van der Waals surface area contributed by atoms with Crippen molar-refractivity contribution in [3.63, 3.8) is 0 Å². The van der Waals surface area contributed by atoms with E-state index < -0.39 is 5.24 Å². The predicted octanol–water partition coefficient (Wildman–Crippen LogP) is 1.73. The molecule has 1 saturated heterocycles. The summed E-state index contributed by atoms with van der Waals surface area (Å²) < 4.78 is 4.99. The number of hydrogen-bond donors (Lipinski definition) is 1. The molecule has 1 aromatic rings. The van der Waals surface area contributed by atoms with Crippen molar-refractivity contribution in [3.8, 4) is 5.75 Å². The van der Waals surface area contributed by atoms with Gasteiger partial charge in [-0.15, -0.1) is 0 Å². The summed E-state index contributed by atoms with van der Waals surface area (Å²) in [6, 6.07) is 9.05. The molecular formula is C12H14ClNO3. The zero-order valence-electron chi connectivity index (χ0n) is 9.32. The molecule has 5 heteroatoms. The van der Waals surface area contributed by atoms with Crippen LogP contribution in [0.2, 0.25) is 0 Å². The Morgan fingerprint density at radius 1 is 1.35 bits per heavy atom. The van der Waals surface area contributed by atoms with Crippen LogP contribution in [-0.4, -0.2) is 24.3 Å². The van der Waals surface area contributed by atoms with Gasteiger partial charge in [-0.1, -0.05) is 18.2 Å². The molecule has 0 atom stereocenters. The van der Waals surface area contributed by atoms with E-state index in [9.17, 15) is 9.59 Å². The van der Waals surface area contributed by atoms with Crippen molar-refractivity contribution in [2.75, 3.05) is 13.2 Å². The highest BCUT2D eigenvalue weighted by molar-refractivity contribution is 6.63. The van der Waals surface area contributed by atoms with Gasteiger partial charge in [-0.25, -0.2) is 0 Å². The molecule has 1 N–H and O–H groups in total. The number of nitrogens with one attached hydrogen (secondary N) is 1. The zero-order valence-corrected chi connectivity index (χ0v) is 10.1. The van der Waals surface area contributed by atoms with E-state index in [0.29, 0.717) is 5.75 Å². The average Bonchev–Trinajstić information content (AvgIpc) is 2.80. The van der Waals surface area contributed by atoms with Gasteiger partial charge < -0.3 is 10.1 Å². The van der Waals surface area contributed by atoms with Gasteiger partial charge in [-0.05, 0) is 30.2 Å². The van der Waals surface area contributed by atoms with Crippen LogP contribution in [-0.2, 0) is 9.59 Å². The number of para-hydroxylation sites is 1. The third-order valence-corrected chi connectivity index (χ3v) is 2.11. The molecule has 0 aromatic heterocycles. The monoisotopic (exact) mass is 255 g/mol. The molecular weight excluding hydrogens is 242 g/mol. The van der Waals surface area contributed by atoms with Gasteiger partial charge in [0.05, 0.1) is 0 Å². The van der Waals surface area contributed by atoms with Crippen LogP contribution in [0.4, 0.5) is 0 Å². The maximum atomic E-state index is 10.3. The number of ether oxygens (including phenoxy) is 1. The lowest BCUT2D eigenvalue weighted by atomic mass is 10.3. The molecule has 1 aliphatic heterocycles. The minimum atomic E-state index is -0.492. The number of benzene rings is 1. The third kappa shape index (κ3) is 6.58. The van der Waals surface area contributed by atoms with Crippen LogP contribution >= 0.6 is 11.6 Å². The smallest absolute Gasteiger partial charge is 0.259 e. The lowest BCUT2D eigenvalue weighted by Crippen LogP contribution is -2.12. The average molecular weight is 256 g/mol. The number of amides is 1. The minimum Gasteiger partial charge on any atom is -0.484 e. The molecule has 1 heterocycles. The molecule has 1 aromatic carbocycles. The Labute approximate surface area is 105 Å². The lowest BCUT2D eigenvalue weighted by Gasteiger charge is -2.00. The van der Waals surface area contributed by atoms with Crippen molar-refractivity contribution >= 4 is 22.8 Å². The first kappa shape index (κ1) is 13.5. The van der Waals surface area contributed by atoms with Crippen LogP contribution in [0, 0.1) is 0 Å². The van der Waals surface area contributed by atoms with Crippen LogP contribution in [0.1, 0.15) is 12.8 Å². The molecule has 1 fully saturated rings. The number of rotatable bonds is 3. The van der Waals surface area contributed by atoms with E-state index in [0.717, 1.165) is 19.4 Å².